The van der Waals surface area contributed by atoms with Gasteiger partial charge >= 0.3 is 5.97 Å². The minimum absolute atomic E-state index is 0.0130. The average Bonchev–Trinajstić information content (AvgIpc) is 3.20. The standard InChI is InChI=1S/C30H43N5O4/c1-7-8-15-34-27(36)26(18-20(2)3)31-29(38)30(34)13-16-33(17-14-30)19-25-21(4)32-35(22(25)5)24-11-9-23(10-12-24)28(37)39-6/h9-12,20,26H,7-8,13-19H2,1-6H3,(H,31,38). The lowest BCUT2D eigenvalue weighted by Crippen LogP contribution is -2.73. The summed E-state index contributed by atoms with van der Waals surface area (Å²) in [6.45, 7) is 13.2. The van der Waals surface area contributed by atoms with Gasteiger partial charge < -0.3 is 15.0 Å². The van der Waals surface area contributed by atoms with Gasteiger partial charge in [-0.2, -0.15) is 5.10 Å². The predicted molar refractivity (Wildman–Crippen MR) is 150 cm³/mol. The van der Waals surface area contributed by atoms with Gasteiger partial charge in [-0.3, -0.25) is 14.5 Å². The number of carbonyl (C=O) groups excluding carboxylic acids is 3. The number of esters is 1. The number of benzene rings is 1. The zero-order valence-electron chi connectivity index (χ0n) is 24.2. The van der Waals surface area contributed by atoms with Crippen LogP contribution in [-0.4, -0.2) is 75.7 Å². The van der Waals surface area contributed by atoms with Crippen molar-refractivity contribution in [2.75, 3.05) is 26.7 Å². The molecule has 2 aliphatic heterocycles. The summed E-state index contributed by atoms with van der Waals surface area (Å²) in [5, 5.41) is 7.87. The van der Waals surface area contributed by atoms with E-state index in [1.54, 1.807) is 12.1 Å². The van der Waals surface area contributed by atoms with Crippen LogP contribution in [0.1, 0.15) is 80.2 Å². The first-order valence-electron chi connectivity index (χ1n) is 14.2. The van der Waals surface area contributed by atoms with Gasteiger partial charge in [-0.05, 0) is 69.7 Å². The summed E-state index contributed by atoms with van der Waals surface area (Å²) in [6, 6.07) is 6.81. The fourth-order valence-corrected chi connectivity index (χ4v) is 5.96. The third-order valence-electron chi connectivity index (χ3n) is 8.29. The van der Waals surface area contributed by atoms with E-state index in [4.69, 9.17) is 9.84 Å². The van der Waals surface area contributed by atoms with Crippen LogP contribution in [0.4, 0.5) is 0 Å². The fraction of sp³-hybridized carbons (Fsp3) is 0.600. The third kappa shape index (κ3) is 5.73. The molecule has 39 heavy (non-hydrogen) atoms. The molecule has 2 fully saturated rings. The van der Waals surface area contributed by atoms with Crippen LogP contribution < -0.4 is 5.32 Å². The molecule has 4 rings (SSSR count). The highest BCUT2D eigenvalue weighted by Crippen LogP contribution is 2.35. The Labute approximate surface area is 231 Å². The van der Waals surface area contributed by atoms with Crippen LogP contribution in [0.5, 0.6) is 0 Å². The molecule has 9 heteroatoms. The van der Waals surface area contributed by atoms with E-state index in [2.05, 4.69) is 37.9 Å². The van der Waals surface area contributed by atoms with Gasteiger partial charge in [0.2, 0.25) is 11.8 Å². The van der Waals surface area contributed by atoms with E-state index in [1.807, 2.05) is 28.6 Å². The Morgan fingerprint density at radius 3 is 2.41 bits per heavy atom. The Kier molecular flexibility index (Phi) is 8.79. The number of piperazine rings is 1. The smallest absolute Gasteiger partial charge is 0.337 e. The van der Waals surface area contributed by atoms with Gasteiger partial charge in [0.15, 0.2) is 0 Å². The number of aryl methyl sites for hydroxylation is 1. The molecule has 2 aromatic rings. The number of hydrogen-bond donors (Lipinski definition) is 1. The number of ether oxygens (including phenoxy) is 1. The van der Waals surface area contributed by atoms with Crippen molar-refractivity contribution in [3.05, 3.63) is 46.8 Å². The number of methoxy groups -OCH3 is 1. The number of nitrogens with one attached hydrogen (secondary N) is 1. The Hall–Kier alpha value is -3.20. The molecule has 0 saturated carbocycles. The van der Waals surface area contributed by atoms with Crippen LogP contribution >= 0.6 is 0 Å². The average molecular weight is 538 g/mol. The summed E-state index contributed by atoms with van der Waals surface area (Å²) < 4.78 is 6.71. The molecule has 212 valence electrons. The zero-order chi connectivity index (χ0) is 28.3. The van der Waals surface area contributed by atoms with Gasteiger partial charge in [-0.25, -0.2) is 9.48 Å². The molecule has 1 aromatic carbocycles. The maximum atomic E-state index is 13.5. The molecule has 2 aliphatic rings. The summed E-state index contributed by atoms with van der Waals surface area (Å²) in [5.74, 6) is 0.0624. The topological polar surface area (TPSA) is 96.8 Å². The summed E-state index contributed by atoms with van der Waals surface area (Å²) in [6.07, 6.45) is 3.81. The first-order valence-corrected chi connectivity index (χ1v) is 14.2. The number of rotatable bonds is 9. The van der Waals surface area contributed by atoms with Crippen LogP contribution in [-0.2, 0) is 20.9 Å². The van der Waals surface area contributed by atoms with Gasteiger partial charge in [-0.1, -0.05) is 27.2 Å². The van der Waals surface area contributed by atoms with Gasteiger partial charge in [0, 0.05) is 37.4 Å². The molecule has 0 bridgehead atoms. The molecule has 1 N–H and O–H groups in total. The number of aromatic nitrogens is 2. The lowest BCUT2D eigenvalue weighted by atomic mass is 9.80. The minimum Gasteiger partial charge on any atom is -0.465 e. The molecular weight excluding hydrogens is 494 g/mol. The van der Waals surface area contributed by atoms with E-state index in [-0.39, 0.29) is 17.8 Å². The van der Waals surface area contributed by atoms with Crippen molar-refractivity contribution in [2.24, 2.45) is 5.92 Å². The largest absolute Gasteiger partial charge is 0.465 e. The van der Waals surface area contributed by atoms with Crippen LogP contribution in [0.3, 0.4) is 0 Å². The highest BCUT2D eigenvalue weighted by molar-refractivity contribution is 6.00. The van der Waals surface area contributed by atoms with Gasteiger partial charge in [0.05, 0.1) is 24.1 Å². The van der Waals surface area contributed by atoms with Crippen molar-refractivity contribution in [3.63, 3.8) is 0 Å². The molecule has 3 heterocycles. The number of carbonyl (C=O) groups is 3. The van der Waals surface area contributed by atoms with E-state index in [0.717, 1.165) is 55.1 Å². The van der Waals surface area contributed by atoms with Crippen molar-refractivity contribution in [1.82, 2.24) is 24.9 Å². The van der Waals surface area contributed by atoms with E-state index in [9.17, 15) is 14.4 Å². The van der Waals surface area contributed by atoms with E-state index in [0.29, 0.717) is 37.3 Å². The number of nitrogens with zero attached hydrogens (tertiary/aromatic N) is 4. The van der Waals surface area contributed by atoms with Gasteiger partial charge in [0.1, 0.15) is 11.6 Å². The SMILES string of the molecule is CCCCN1C(=O)C(CC(C)C)NC(=O)C12CCN(Cc1c(C)nn(-c3ccc(C(=O)OC)cc3)c1C)CC2. The normalized spacial score (nSPS) is 19.6. The second-order valence-electron chi connectivity index (χ2n) is 11.4. The Morgan fingerprint density at radius 2 is 1.82 bits per heavy atom. The quantitative estimate of drug-likeness (QED) is 0.489. The molecule has 2 saturated heterocycles. The molecule has 1 atom stereocenters. The monoisotopic (exact) mass is 537 g/mol. The van der Waals surface area contributed by atoms with Gasteiger partial charge in [0.25, 0.3) is 0 Å². The van der Waals surface area contributed by atoms with E-state index >= 15 is 0 Å². The second kappa shape index (κ2) is 11.9. The lowest BCUT2D eigenvalue weighted by Gasteiger charge is -2.52. The molecule has 0 aliphatic carbocycles. The Morgan fingerprint density at radius 1 is 1.15 bits per heavy atom. The van der Waals surface area contributed by atoms with Crippen LogP contribution in [0.2, 0.25) is 0 Å². The molecule has 1 unspecified atom stereocenters. The molecule has 0 radical (unpaired) electrons. The number of unbranched alkanes of at least 4 members (excludes halogenated alkanes) is 1. The maximum absolute atomic E-state index is 13.5. The van der Waals surface area contributed by atoms with E-state index in [1.165, 1.54) is 7.11 Å². The van der Waals surface area contributed by atoms with Crippen molar-refractivity contribution >= 4 is 17.8 Å². The lowest BCUT2D eigenvalue weighted by molar-refractivity contribution is -0.161. The first-order chi connectivity index (χ1) is 18.6. The summed E-state index contributed by atoms with van der Waals surface area (Å²) in [7, 11) is 1.37. The number of likely N-dealkylation sites (tertiary alicyclic amines) is 1. The number of amides is 2. The van der Waals surface area contributed by atoms with Crippen LogP contribution in [0, 0.1) is 19.8 Å². The Bertz CT molecular complexity index is 1190. The number of hydrogen-bond acceptors (Lipinski definition) is 6. The molecule has 2 amide bonds. The van der Waals surface area contributed by atoms with Crippen LogP contribution in [0.25, 0.3) is 5.69 Å². The van der Waals surface area contributed by atoms with Crippen molar-refractivity contribution in [3.8, 4) is 5.69 Å². The van der Waals surface area contributed by atoms with Crippen LogP contribution in [0.15, 0.2) is 24.3 Å². The molecular formula is C30H43N5O4. The fourth-order valence-electron chi connectivity index (χ4n) is 5.96. The summed E-state index contributed by atoms with van der Waals surface area (Å²) in [4.78, 5) is 43.1. The predicted octanol–water partition coefficient (Wildman–Crippen LogP) is 3.78. The van der Waals surface area contributed by atoms with Crippen molar-refractivity contribution in [1.29, 1.82) is 0 Å². The highest BCUT2D eigenvalue weighted by atomic mass is 16.5. The molecule has 1 spiro atoms. The maximum Gasteiger partial charge on any atom is 0.337 e. The zero-order valence-corrected chi connectivity index (χ0v) is 24.2. The third-order valence-corrected chi connectivity index (χ3v) is 8.29. The van der Waals surface area contributed by atoms with Crippen molar-refractivity contribution in [2.45, 2.75) is 84.8 Å². The minimum atomic E-state index is -0.758. The highest BCUT2D eigenvalue weighted by Gasteiger charge is 2.53. The number of piperidine rings is 1. The first kappa shape index (κ1) is 28.8. The Balaban J connectivity index is 1.48. The summed E-state index contributed by atoms with van der Waals surface area (Å²) >= 11 is 0. The second-order valence-corrected chi connectivity index (χ2v) is 11.4. The van der Waals surface area contributed by atoms with Gasteiger partial charge in [-0.15, -0.1) is 0 Å². The molecule has 1 aromatic heterocycles. The van der Waals surface area contributed by atoms with E-state index < -0.39 is 11.6 Å². The summed E-state index contributed by atoms with van der Waals surface area (Å²) in [5.41, 5.74) is 3.78. The van der Waals surface area contributed by atoms with Crippen molar-refractivity contribution < 1.29 is 19.1 Å². The molecule has 9 nitrogen and oxygen atoms in total.